The smallest absolute Gasteiger partial charge is 0.103 e. The summed E-state index contributed by atoms with van der Waals surface area (Å²) in [5.74, 6) is 0. The van der Waals surface area contributed by atoms with Crippen LogP contribution in [-0.2, 0) is 0 Å². The lowest BCUT2D eigenvalue weighted by atomic mass is 10.0. The molecule has 170 valence electrons. The quantitative estimate of drug-likeness (QED) is 0.276. The maximum absolute atomic E-state index is 9.18. The maximum atomic E-state index is 9.18. The number of nitrogens with one attached hydrogen (secondary N) is 1. The monoisotopic (exact) mass is 479 g/mol. The standard InChI is InChI=1S/C32H21N3S/c33-20-21-13-15-22(16-14-21)24-9-6-10-25(19-24)35-29-12-5-4-11-26(29)27-17-18-28-31(30(27)35)36-32(34-28)23-7-2-1-3-8-23/h1-19,32,34H. The van der Waals surface area contributed by atoms with Crippen LogP contribution in [0.3, 0.4) is 0 Å². The van der Waals surface area contributed by atoms with Crippen LogP contribution in [-0.4, -0.2) is 4.57 Å². The fourth-order valence-electron chi connectivity index (χ4n) is 5.16. The summed E-state index contributed by atoms with van der Waals surface area (Å²) in [7, 11) is 0. The molecule has 1 N–H and O–H groups in total. The molecular formula is C32H21N3S. The molecule has 4 heteroatoms. The van der Waals surface area contributed by atoms with Crippen molar-refractivity contribution >= 4 is 39.3 Å². The summed E-state index contributed by atoms with van der Waals surface area (Å²) in [5, 5.41) is 15.6. The molecule has 0 aliphatic carbocycles. The SMILES string of the molecule is N#Cc1ccc(-c2cccc(-n3c4ccccc4c4ccc5c(c43)SC(c3ccccc3)N5)c2)cc1. The van der Waals surface area contributed by atoms with Crippen LogP contribution >= 0.6 is 11.8 Å². The molecule has 0 spiro atoms. The van der Waals surface area contributed by atoms with Crippen LogP contribution in [0.4, 0.5) is 5.69 Å². The van der Waals surface area contributed by atoms with Crippen molar-refractivity contribution in [3.63, 3.8) is 0 Å². The highest BCUT2D eigenvalue weighted by atomic mass is 32.2. The number of para-hydroxylation sites is 1. The van der Waals surface area contributed by atoms with E-state index in [4.69, 9.17) is 0 Å². The highest BCUT2D eigenvalue weighted by Crippen LogP contribution is 2.51. The van der Waals surface area contributed by atoms with E-state index in [9.17, 15) is 5.26 Å². The molecule has 1 unspecified atom stereocenters. The summed E-state index contributed by atoms with van der Waals surface area (Å²) in [6.07, 6.45) is 0. The van der Waals surface area contributed by atoms with Crippen LogP contribution in [0.2, 0.25) is 0 Å². The van der Waals surface area contributed by atoms with Crippen molar-refractivity contribution in [3.8, 4) is 22.9 Å². The Morgan fingerprint density at radius 3 is 2.36 bits per heavy atom. The average molecular weight is 480 g/mol. The minimum Gasteiger partial charge on any atom is -0.368 e. The van der Waals surface area contributed by atoms with Gasteiger partial charge in [-0.15, -0.1) is 0 Å². The molecule has 0 saturated carbocycles. The summed E-state index contributed by atoms with van der Waals surface area (Å²) >= 11 is 1.88. The lowest BCUT2D eigenvalue weighted by molar-refractivity contribution is 1.13. The fraction of sp³-hybridized carbons (Fsp3) is 0.0312. The fourth-order valence-corrected chi connectivity index (χ4v) is 6.44. The van der Waals surface area contributed by atoms with Gasteiger partial charge in [0.05, 0.1) is 33.2 Å². The lowest BCUT2D eigenvalue weighted by Gasteiger charge is -2.12. The third kappa shape index (κ3) is 3.29. The third-order valence-corrected chi connectivity index (χ3v) is 8.14. The number of hydrogen-bond donors (Lipinski definition) is 1. The molecule has 0 amide bonds. The zero-order chi connectivity index (χ0) is 24.1. The number of hydrogen-bond acceptors (Lipinski definition) is 3. The van der Waals surface area contributed by atoms with Crippen molar-refractivity contribution in [2.75, 3.05) is 5.32 Å². The maximum Gasteiger partial charge on any atom is 0.103 e. The Morgan fingerprint density at radius 2 is 1.53 bits per heavy atom. The molecule has 0 radical (unpaired) electrons. The van der Waals surface area contributed by atoms with E-state index in [2.05, 4.69) is 107 Å². The average Bonchev–Trinajstić information content (AvgIpc) is 3.53. The Bertz CT molecular complexity index is 1790. The van der Waals surface area contributed by atoms with Gasteiger partial charge in [0.25, 0.3) is 0 Å². The van der Waals surface area contributed by atoms with Crippen LogP contribution in [0.1, 0.15) is 16.5 Å². The number of aromatic nitrogens is 1. The van der Waals surface area contributed by atoms with E-state index in [1.165, 1.54) is 38.0 Å². The summed E-state index contributed by atoms with van der Waals surface area (Å²) < 4.78 is 2.40. The van der Waals surface area contributed by atoms with Crippen molar-refractivity contribution in [2.45, 2.75) is 10.3 Å². The van der Waals surface area contributed by atoms with Gasteiger partial charge in [-0.2, -0.15) is 5.26 Å². The summed E-state index contributed by atoms with van der Waals surface area (Å²) in [6, 6.07) is 42.4. The van der Waals surface area contributed by atoms with Gasteiger partial charge in [0.15, 0.2) is 0 Å². The van der Waals surface area contributed by atoms with Gasteiger partial charge in [0, 0.05) is 16.5 Å². The van der Waals surface area contributed by atoms with Crippen molar-refractivity contribution < 1.29 is 0 Å². The first-order valence-electron chi connectivity index (χ1n) is 12.0. The van der Waals surface area contributed by atoms with Gasteiger partial charge in [0.1, 0.15) is 5.37 Å². The number of nitrogens with zero attached hydrogens (tertiary/aromatic N) is 2. The summed E-state index contributed by atoms with van der Waals surface area (Å²) in [6.45, 7) is 0. The minimum absolute atomic E-state index is 0.184. The highest BCUT2D eigenvalue weighted by molar-refractivity contribution is 8.00. The number of rotatable bonds is 3. The number of fused-ring (bicyclic) bond motifs is 5. The van der Waals surface area contributed by atoms with Crippen molar-refractivity contribution in [1.82, 2.24) is 4.57 Å². The largest absolute Gasteiger partial charge is 0.368 e. The molecule has 2 heterocycles. The van der Waals surface area contributed by atoms with Crippen molar-refractivity contribution in [2.24, 2.45) is 0 Å². The van der Waals surface area contributed by atoms with Crippen LogP contribution in [0.15, 0.2) is 120 Å². The van der Waals surface area contributed by atoms with Gasteiger partial charge in [-0.05, 0) is 53.1 Å². The second-order valence-corrected chi connectivity index (χ2v) is 10.1. The number of anilines is 1. The molecule has 3 nitrogen and oxygen atoms in total. The van der Waals surface area contributed by atoms with Gasteiger partial charge in [-0.3, -0.25) is 0 Å². The van der Waals surface area contributed by atoms with E-state index in [1.807, 2.05) is 36.0 Å². The Labute approximate surface area is 213 Å². The zero-order valence-electron chi connectivity index (χ0n) is 19.3. The first kappa shape index (κ1) is 20.9. The van der Waals surface area contributed by atoms with Gasteiger partial charge < -0.3 is 9.88 Å². The van der Waals surface area contributed by atoms with E-state index in [0.717, 1.165) is 16.8 Å². The molecule has 36 heavy (non-hydrogen) atoms. The van der Waals surface area contributed by atoms with Crippen LogP contribution in [0.5, 0.6) is 0 Å². The van der Waals surface area contributed by atoms with Gasteiger partial charge >= 0.3 is 0 Å². The molecule has 7 rings (SSSR count). The molecule has 0 fully saturated rings. The Kier molecular flexibility index (Phi) is 4.83. The first-order chi connectivity index (χ1) is 17.8. The molecule has 5 aromatic carbocycles. The second kappa shape index (κ2) is 8.34. The van der Waals surface area contributed by atoms with Crippen LogP contribution in [0, 0.1) is 11.3 Å². The molecule has 6 aromatic rings. The van der Waals surface area contributed by atoms with Crippen LogP contribution < -0.4 is 5.32 Å². The lowest BCUT2D eigenvalue weighted by Crippen LogP contribution is -2.00. The molecule has 1 aromatic heterocycles. The van der Waals surface area contributed by atoms with E-state index in [0.29, 0.717) is 5.56 Å². The second-order valence-electron chi connectivity index (χ2n) is 8.98. The molecule has 1 atom stereocenters. The molecule has 0 saturated heterocycles. The third-order valence-electron chi connectivity index (χ3n) is 6.87. The first-order valence-corrected chi connectivity index (χ1v) is 12.8. The molecule has 0 bridgehead atoms. The highest BCUT2D eigenvalue weighted by Gasteiger charge is 2.27. The topological polar surface area (TPSA) is 40.8 Å². The Morgan fingerprint density at radius 1 is 0.722 bits per heavy atom. The van der Waals surface area contributed by atoms with E-state index >= 15 is 0 Å². The summed E-state index contributed by atoms with van der Waals surface area (Å²) in [4.78, 5) is 1.28. The van der Waals surface area contributed by atoms with E-state index < -0.39 is 0 Å². The number of thioether (sulfide) groups is 1. The Hall–Kier alpha value is -4.46. The minimum atomic E-state index is 0.184. The number of benzene rings is 5. The van der Waals surface area contributed by atoms with Gasteiger partial charge in [-0.1, -0.05) is 90.6 Å². The molecule has 1 aliphatic heterocycles. The van der Waals surface area contributed by atoms with Crippen LogP contribution in [0.25, 0.3) is 38.6 Å². The van der Waals surface area contributed by atoms with Crippen molar-refractivity contribution in [1.29, 1.82) is 5.26 Å². The summed E-state index contributed by atoms with van der Waals surface area (Å²) in [5.41, 5.74) is 8.91. The molecule has 1 aliphatic rings. The predicted molar refractivity (Wildman–Crippen MR) is 150 cm³/mol. The van der Waals surface area contributed by atoms with E-state index in [-0.39, 0.29) is 5.37 Å². The van der Waals surface area contributed by atoms with Gasteiger partial charge in [0.2, 0.25) is 0 Å². The normalized spacial score (nSPS) is 14.5. The molecular weight excluding hydrogens is 458 g/mol. The zero-order valence-corrected chi connectivity index (χ0v) is 20.2. The predicted octanol–water partition coefficient (Wildman–Crippen LogP) is 8.54. The van der Waals surface area contributed by atoms with Gasteiger partial charge in [-0.25, -0.2) is 0 Å². The number of nitriles is 1. The Balaban J connectivity index is 1.44. The van der Waals surface area contributed by atoms with Crippen molar-refractivity contribution in [3.05, 3.63) is 126 Å². The van der Waals surface area contributed by atoms with E-state index in [1.54, 1.807) is 0 Å².